The van der Waals surface area contributed by atoms with Gasteiger partial charge >= 0.3 is 0 Å². The fraction of sp³-hybridized carbons (Fsp3) is 0.100. The van der Waals surface area contributed by atoms with Crippen LogP contribution in [-0.4, -0.2) is 20.3 Å². The highest BCUT2D eigenvalue weighted by Gasteiger charge is 2.23. The Bertz CT molecular complexity index is 1030. The van der Waals surface area contributed by atoms with Crippen LogP contribution in [0.15, 0.2) is 66.3 Å². The standard InChI is InChI=1S/C20H17N3OS/c1-14-12-15(2)23(21-14)20(24)19-18(22-10-6-7-11-22)17(13-25-19)16-8-4-3-5-9-16/h3-13H,1-2H3. The highest BCUT2D eigenvalue weighted by Crippen LogP contribution is 2.35. The third-order valence-electron chi connectivity index (χ3n) is 4.11. The number of thiophene rings is 1. The Morgan fingerprint density at radius 3 is 2.40 bits per heavy atom. The molecule has 0 fully saturated rings. The van der Waals surface area contributed by atoms with Crippen LogP contribution in [0.3, 0.4) is 0 Å². The minimum Gasteiger partial charge on any atom is -0.322 e. The molecule has 0 aliphatic carbocycles. The Kier molecular flexibility index (Phi) is 3.86. The van der Waals surface area contributed by atoms with Crippen LogP contribution in [0.4, 0.5) is 0 Å². The zero-order valence-corrected chi connectivity index (χ0v) is 14.8. The molecule has 4 rings (SSSR count). The minimum absolute atomic E-state index is 0.0959. The molecule has 25 heavy (non-hydrogen) atoms. The first-order valence-electron chi connectivity index (χ1n) is 8.03. The van der Waals surface area contributed by atoms with Crippen molar-refractivity contribution >= 4 is 17.2 Å². The largest absolute Gasteiger partial charge is 0.322 e. The molecule has 4 nitrogen and oxygen atoms in total. The fourth-order valence-electron chi connectivity index (χ4n) is 3.00. The van der Waals surface area contributed by atoms with Gasteiger partial charge in [-0.15, -0.1) is 11.3 Å². The lowest BCUT2D eigenvalue weighted by Crippen LogP contribution is -2.16. The molecule has 0 saturated heterocycles. The summed E-state index contributed by atoms with van der Waals surface area (Å²) in [5, 5.41) is 6.40. The van der Waals surface area contributed by atoms with E-state index in [1.54, 1.807) is 0 Å². The summed E-state index contributed by atoms with van der Waals surface area (Å²) in [7, 11) is 0. The molecule has 0 aliphatic heterocycles. The predicted octanol–water partition coefficient (Wildman–Crippen LogP) is 4.71. The number of rotatable bonds is 3. The lowest BCUT2D eigenvalue weighted by molar-refractivity contribution is 0.0946. The van der Waals surface area contributed by atoms with Crippen LogP contribution in [0.2, 0.25) is 0 Å². The molecule has 1 aromatic carbocycles. The summed E-state index contributed by atoms with van der Waals surface area (Å²) in [6, 6.07) is 16.0. The van der Waals surface area contributed by atoms with Gasteiger partial charge in [0.15, 0.2) is 0 Å². The van der Waals surface area contributed by atoms with Crippen LogP contribution in [0.25, 0.3) is 16.8 Å². The van der Waals surface area contributed by atoms with Crippen LogP contribution in [0.5, 0.6) is 0 Å². The second kappa shape index (κ2) is 6.18. The van der Waals surface area contributed by atoms with Crippen molar-refractivity contribution in [3.8, 4) is 16.8 Å². The molecular formula is C20H17N3OS. The van der Waals surface area contributed by atoms with Crippen LogP contribution in [0, 0.1) is 13.8 Å². The Labute approximate surface area is 150 Å². The van der Waals surface area contributed by atoms with Gasteiger partial charge in [0.05, 0.1) is 11.4 Å². The Morgan fingerprint density at radius 2 is 1.76 bits per heavy atom. The van der Waals surface area contributed by atoms with Gasteiger partial charge in [0.25, 0.3) is 5.91 Å². The van der Waals surface area contributed by atoms with Crippen molar-refractivity contribution in [1.29, 1.82) is 0 Å². The molecule has 0 saturated carbocycles. The SMILES string of the molecule is Cc1cc(C)n(C(=O)c2scc(-c3ccccc3)c2-n2cccc2)n1. The average Bonchev–Trinajstić information content (AvgIpc) is 3.33. The molecule has 5 heteroatoms. The Morgan fingerprint density at radius 1 is 1.04 bits per heavy atom. The third kappa shape index (κ3) is 2.72. The van der Waals surface area contributed by atoms with Crippen molar-refractivity contribution < 1.29 is 4.79 Å². The summed E-state index contributed by atoms with van der Waals surface area (Å²) in [6.45, 7) is 3.80. The zero-order chi connectivity index (χ0) is 17.4. The van der Waals surface area contributed by atoms with Gasteiger partial charge in [-0.05, 0) is 37.6 Å². The number of aryl methyl sites for hydroxylation is 2. The van der Waals surface area contributed by atoms with E-state index in [-0.39, 0.29) is 5.91 Å². The monoisotopic (exact) mass is 347 g/mol. The van der Waals surface area contributed by atoms with Gasteiger partial charge in [0.2, 0.25) is 0 Å². The summed E-state index contributed by atoms with van der Waals surface area (Å²) in [4.78, 5) is 13.8. The summed E-state index contributed by atoms with van der Waals surface area (Å²) >= 11 is 1.46. The smallest absolute Gasteiger partial charge is 0.290 e. The topological polar surface area (TPSA) is 39.8 Å². The van der Waals surface area contributed by atoms with E-state index in [1.165, 1.54) is 16.0 Å². The summed E-state index contributed by atoms with van der Waals surface area (Å²) in [5.41, 5.74) is 4.73. The molecule has 0 atom stereocenters. The maximum atomic E-state index is 13.1. The van der Waals surface area contributed by atoms with Crippen molar-refractivity contribution in [1.82, 2.24) is 14.3 Å². The quantitative estimate of drug-likeness (QED) is 0.538. The molecule has 0 N–H and O–H groups in total. The summed E-state index contributed by atoms with van der Waals surface area (Å²) in [5.74, 6) is -0.0959. The van der Waals surface area contributed by atoms with E-state index >= 15 is 0 Å². The molecule has 0 unspecified atom stereocenters. The van der Waals surface area contributed by atoms with Gasteiger partial charge in [0, 0.05) is 29.0 Å². The van der Waals surface area contributed by atoms with E-state index in [2.05, 4.69) is 17.2 Å². The maximum absolute atomic E-state index is 13.1. The first-order valence-corrected chi connectivity index (χ1v) is 8.91. The molecule has 4 aromatic rings. The number of carbonyl (C=O) groups is 1. The predicted molar refractivity (Wildman–Crippen MR) is 101 cm³/mol. The highest BCUT2D eigenvalue weighted by atomic mass is 32.1. The number of hydrogen-bond donors (Lipinski definition) is 0. The van der Waals surface area contributed by atoms with E-state index in [1.807, 2.05) is 72.6 Å². The number of benzene rings is 1. The van der Waals surface area contributed by atoms with Crippen LogP contribution in [0.1, 0.15) is 21.1 Å². The van der Waals surface area contributed by atoms with Gasteiger partial charge in [-0.1, -0.05) is 30.3 Å². The number of aromatic nitrogens is 3. The molecule has 0 radical (unpaired) electrons. The first kappa shape index (κ1) is 15.6. The number of nitrogens with zero attached hydrogens (tertiary/aromatic N) is 3. The molecule has 3 heterocycles. The van der Waals surface area contributed by atoms with Crippen molar-refractivity contribution in [3.63, 3.8) is 0 Å². The molecule has 0 aliphatic rings. The van der Waals surface area contributed by atoms with Gasteiger partial charge in [-0.25, -0.2) is 4.68 Å². The van der Waals surface area contributed by atoms with Crippen molar-refractivity contribution in [2.24, 2.45) is 0 Å². The van der Waals surface area contributed by atoms with E-state index in [0.29, 0.717) is 4.88 Å². The zero-order valence-electron chi connectivity index (χ0n) is 14.0. The molecule has 0 spiro atoms. The highest BCUT2D eigenvalue weighted by molar-refractivity contribution is 7.13. The van der Waals surface area contributed by atoms with Gasteiger partial charge < -0.3 is 4.57 Å². The number of carbonyl (C=O) groups excluding carboxylic acids is 1. The summed E-state index contributed by atoms with van der Waals surface area (Å²) in [6.07, 6.45) is 3.93. The molecule has 0 bridgehead atoms. The fourth-order valence-corrected chi connectivity index (χ4v) is 3.99. The average molecular weight is 347 g/mol. The van der Waals surface area contributed by atoms with E-state index in [0.717, 1.165) is 28.2 Å². The third-order valence-corrected chi connectivity index (χ3v) is 5.07. The van der Waals surface area contributed by atoms with E-state index in [9.17, 15) is 4.79 Å². The van der Waals surface area contributed by atoms with Crippen LogP contribution in [-0.2, 0) is 0 Å². The second-order valence-electron chi connectivity index (χ2n) is 5.93. The molecule has 3 aromatic heterocycles. The van der Waals surface area contributed by atoms with E-state index < -0.39 is 0 Å². The van der Waals surface area contributed by atoms with Crippen molar-refractivity contribution in [2.75, 3.05) is 0 Å². The van der Waals surface area contributed by atoms with Gasteiger partial charge in [-0.3, -0.25) is 4.79 Å². The molecule has 124 valence electrons. The second-order valence-corrected chi connectivity index (χ2v) is 6.81. The van der Waals surface area contributed by atoms with Crippen LogP contribution >= 0.6 is 11.3 Å². The van der Waals surface area contributed by atoms with E-state index in [4.69, 9.17) is 0 Å². The first-order chi connectivity index (χ1) is 12.1. The molecule has 0 amide bonds. The normalized spacial score (nSPS) is 11.0. The molecular weight excluding hydrogens is 330 g/mol. The van der Waals surface area contributed by atoms with Gasteiger partial charge in [-0.2, -0.15) is 5.10 Å². The Hall–Kier alpha value is -2.92. The minimum atomic E-state index is -0.0959. The van der Waals surface area contributed by atoms with Gasteiger partial charge in [0.1, 0.15) is 4.88 Å². The summed E-state index contributed by atoms with van der Waals surface area (Å²) < 4.78 is 3.49. The lowest BCUT2D eigenvalue weighted by atomic mass is 10.1. The van der Waals surface area contributed by atoms with Crippen molar-refractivity contribution in [3.05, 3.63) is 82.6 Å². The van der Waals surface area contributed by atoms with Crippen LogP contribution < -0.4 is 0 Å². The number of hydrogen-bond acceptors (Lipinski definition) is 3. The maximum Gasteiger partial charge on any atom is 0.290 e. The lowest BCUT2D eigenvalue weighted by Gasteiger charge is -2.09. The Balaban J connectivity index is 1.91. The van der Waals surface area contributed by atoms with Crippen molar-refractivity contribution in [2.45, 2.75) is 13.8 Å².